The van der Waals surface area contributed by atoms with Crippen molar-refractivity contribution in [2.75, 3.05) is 14.2 Å². The van der Waals surface area contributed by atoms with Crippen LogP contribution in [0.1, 0.15) is 22.7 Å². The van der Waals surface area contributed by atoms with Gasteiger partial charge in [-0.3, -0.25) is 0 Å². The van der Waals surface area contributed by atoms with Gasteiger partial charge in [-0.05, 0) is 28.8 Å². The highest BCUT2D eigenvalue weighted by Crippen LogP contribution is 2.31. The maximum atomic E-state index is 7.53. The second kappa shape index (κ2) is 8.85. The van der Waals surface area contributed by atoms with Crippen LogP contribution in [0.3, 0.4) is 0 Å². The predicted molar refractivity (Wildman–Crippen MR) is 104 cm³/mol. The highest BCUT2D eigenvalue weighted by atomic mass is 16.5. The molecule has 138 valence electrons. The summed E-state index contributed by atoms with van der Waals surface area (Å²) in [5.41, 5.74) is 10.5. The summed E-state index contributed by atoms with van der Waals surface area (Å²) in [5, 5.41) is 3.78. The van der Waals surface area contributed by atoms with Crippen LogP contribution < -0.4 is 14.2 Å². The summed E-state index contributed by atoms with van der Waals surface area (Å²) in [5.74, 6) is 2.01. The number of benzene rings is 3. The molecule has 5 nitrogen and oxygen atoms in total. The Bertz CT molecular complexity index is 880. The van der Waals surface area contributed by atoms with Crippen molar-refractivity contribution in [1.29, 1.82) is 5.53 Å². The van der Waals surface area contributed by atoms with E-state index >= 15 is 0 Å². The van der Waals surface area contributed by atoms with Crippen molar-refractivity contribution in [1.82, 2.24) is 0 Å². The SMILES string of the molecule is COc1ccc(OCc2ccc(C(N=N)c3ccccc3)cc2)cc1OC. The number of methoxy groups -OCH3 is 2. The van der Waals surface area contributed by atoms with Gasteiger partial charge in [-0.2, -0.15) is 5.11 Å². The fourth-order valence-corrected chi connectivity index (χ4v) is 2.85. The van der Waals surface area contributed by atoms with Gasteiger partial charge in [0, 0.05) is 6.07 Å². The van der Waals surface area contributed by atoms with E-state index in [1.165, 1.54) is 0 Å². The number of nitrogens with zero attached hydrogens (tertiary/aromatic N) is 1. The zero-order valence-corrected chi connectivity index (χ0v) is 15.4. The third-order valence-corrected chi connectivity index (χ3v) is 4.30. The molecule has 1 unspecified atom stereocenters. The third-order valence-electron chi connectivity index (χ3n) is 4.30. The first-order chi connectivity index (χ1) is 13.2. The molecule has 0 saturated carbocycles. The molecule has 0 saturated heterocycles. The molecule has 0 aliphatic heterocycles. The number of hydrogen-bond donors (Lipinski definition) is 1. The van der Waals surface area contributed by atoms with Crippen molar-refractivity contribution in [2.24, 2.45) is 5.11 Å². The Labute approximate surface area is 159 Å². The van der Waals surface area contributed by atoms with Crippen molar-refractivity contribution in [3.8, 4) is 17.2 Å². The van der Waals surface area contributed by atoms with Crippen LogP contribution in [0.15, 0.2) is 77.9 Å². The van der Waals surface area contributed by atoms with Crippen LogP contribution in [-0.4, -0.2) is 14.2 Å². The summed E-state index contributed by atoms with van der Waals surface area (Å²) in [6, 6.07) is 23.0. The van der Waals surface area contributed by atoms with Gasteiger partial charge in [0.05, 0.1) is 14.2 Å². The first-order valence-electron chi connectivity index (χ1n) is 8.60. The maximum Gasteiger partial charge on any atom is 0.164 e. The van der Waals surface area contributed by atoms with Gasteiger partial charge < -0.3 is 14.2 Å². The standard InChI is InChI=1S/C22H22N2O3/c1-25-20-13-12-19(14-21(20)26-2)27-15-16-8-10-18(11-9-16)22(24-23)17-6-4-3-5-7-17/h3-14,22-23H,15H2,1-2H3. The van der Waals surface area contributed by atoms with E-state index in [0.717, 1.165) is 16.7 Å². The van der Waals surface area contributed by atoms with Crippen molar-refractivity contribution in [3.63, 3.8) is 0 Å². The van der Waals surface area contributed by atoms with Crippen LogP contribution in [0.2, 0.25) is 0 Å². The smallest absolute Gasteiger partial charge is 0.164 e. The lowest BCUT2D eigenvalue weighted by Crippen LogP contribution is -1.99. The van der Waals surface area contributed by atoms with Crippen molar-refractivity contribution < 1.29 is 14.2 Å². The van der Waals surface area contributed by atoms with Crippen molar-refractivity contribution >= 4 is 0 Å². The summed E-state index contributed by atoms with van der Waals surface area (Å²) >= 11 is 0. The normalized spacial score (nSPS) is 11.5. The molecule has 3 rings (SSSR count). The van der Waals surface area contributed by atoms with Gasteiger partial charge in [-0.25, -0.2) is 5.53 Å². The lowest BCUT2D eigenvalue weighted by atomic mass is 9.98. The molecule has 3 aromatic rings. The first kappa shape index (κ1) is 18.5. The van der Waals surface area contributed by atoms with Crippen LogP contribution in [0.25, 0.3) is 0 Å². The fraction of sp³-hybridized carbons (Fsp3) is 0.182. The van der Waals surface area contributed by atoms with E-state index in [9.17, 15) is 0 Å². The molecule has 0 aliphatic carbocycles. The van der Waals surface area contributed by atoms with E-state index in [1.807, 2.05) is 66.7 Å². The van der Waals surface area contributed by atoms with Gasteiger partial charge in [0.1, 0.15) is 18.4 Å². The lowest BCUT2D eigenvalue weighted by Gasteiger charge is -2.13. The van der Waals surface area contributed by atoms with Gasteiger partial charge in [0.25, 0.3) is 0 Å². The Balaban J connectivity index is 1.68. The minimum atomic E-state index is -0.285. The van der Waals surface area contributed by atoms with E-state index < -0.39 is 0 Å². The molecule has 0 aliphatic rings. The van der Waals surface area contributed by atoms with E-state index in [-0.39, 0.29) is 6.04 Å². The molecular formula is C22H22N2O3. The number of ether oxygens (including phenoxy) is 3. The summed E-state index contributed by atoms with van der Waals surface area (Å²) in [6.07, 6.45) is 0. The van der Waals surface area contributed by atoms with Gasteiger partial charge in [-0.1, -0.05) is 54.6 Å². The molecule has 1 atom stereocenters. The second-order valence-corrected chi connectivity index (χ2v) is 5.99. The summed E-state index contributed by atoms with van der Waals surface area (Å²) < 4.78 is 16.4. The number of hydrogen-bond acceptors (Lipinski definition) is 5. The van der Waals surface area contributed by atoms with Crippen LogP contribution in [0, 0.1) is 5.53 Å². The van der Waals surface area contributed by atoms with E-state index in [0.29, 0.717) is 23.9 Å². The quantitative estimate of drug-likeness (QED) is 0.545. The van der Waals surface area contributed by atoms with Gasteiger partial charge in [0.2, 0.25) is 0 Å². The molecular weight excluding hydrogens is 340 g/mol. The van der Waals surface area contributed by atoms with E-state index in [1.54, 1.807) is 20.3 Å². The highest BCUT2D eigenvalue weighted by Gasteiger charge is 2.12. The zero-order valence-electron chi connectivity index (χ0n) is 15.4. The minimum Gasteiger partial charge on any atom is -0.493 e. The Morgan fingerprint density at radius 3 is 2.11 bits per heavy atom. The molecule has 0 fully saturated rings. The monoisotopic (exact) mass is 362 g/mol. The molecule has 0 spiro atoms. The second-order valence-electron chi connectivity index (χ2n) is 5.99. The Hall–Kier alpha value is -3.34. The average molecular weight is 362 g/mol. The average Bonchev–Trinajstić information content (AvgIpc) is 2.74. The van der Waals surface area contributed by atoms with Gasteiger partial charge >= 0.3 is 0 Å². The van der Waals surface area contributed by atoms with Gasteiger partial charge in [-0.15, -0.1) is 0 Å². The van der Waals surface area contributed by atoms with Crippen molar-refractivity contribution in [2.45, 2.75) is 12.6 Å². The molecule has 0 radical (unpaired) electrons. The molecule has 0 bridgehead atoms. The molecule has 27 heavy (non-hydrogen) atoms. The van der Waals surface area contributed by atoms with E-state index in [4.69, 9.17) is 19.7 Å². The number of nitrogens with one attached hydrogen (secondary N) is 1. The predicted octanol–water partition coefficient (Wildman–Crippen LogP) is 5.40. The highest BCUT2D eigenvalue weighted by molar-refractivity contribution is 5.45. The molecule has 0 heterocycles. The number of rotatable bonds is 8. The topological polar surface area (TPSA) is 63.9 Å². The van der Waals surface area contributed by atoms with Gasteiger partial charge in [0.15, 0.2) is 11.5 Å². The van der Waals surface area contributed by atoms with Crippen LogP contribution >= 0.6 is 0 Å². The van der Waals surface area contributed by atoms with Crippen LogP contribution in [0.5, 0.6) is 17.2 Å². The van der Waals surface area contributed by atoms with Crippen LogP contribution in [-0.2, 0) is 6.61 Å². The third kappa shape index (κ3) is 4.44. The van der Waals surface area contributed by atoms with Crippen molar-refractivity contribution in [3.05, 3.63) is 89.5 Å². The lowest BCUT2D eigenvalue weighted by molar-refractivity contribution is 0.300. The minimum absolute atomic E-state index is 0.285. The Morgan fingerprint density at radius 2 is 1.48 bits per heavy atom. The van der Waals surface area contributed by atoms with Crippen LogP contribution in [0.4, 0.5) is 0 Å². The summed E-state index contributed by atoms with van der Waals surface area (Å²) in [4.78, 5) is 0. The molecule has 0 aromatic heterocycles. The molecule has 5 heteroatoms. The Kier molecular flexibility index (Phi) is 6.05. The zero-order chi connectivity index (χ0) is 19.1. The Morgan fingerprint density at radius 1 is 0.815 bits per heavy atom. The first-order valence-corrected chi connectivity index (χ1v) is 8.60. The fourth-order valence-electron chi connectivity index (χ4n) is 2.85. The molecule has 0 amide bonds. The molecule has 3 aromatic carbocycles. The largest absolute Gasteiger partial charge is 0.493 e. The summed E-state index contributed by atoms with van der Waals surface area (Å²) in [7, 11) is 3.20. The molecule has 1 N–H and O–H groups in total. The van der Waals surface area contributed by atoms with E-state index in [2.05, 4.69) is 5.11 Å². The maximum absolute atomic E-state index is 7.53. The summed E-state index contributed by atoms with van der Waals surface area (Å²) in [6.45, 7) is 0.434.